The molecule has 0 aliphatic carbocycles. The number of carbonyl (C=O) groups is 2. The third kappa shape index (κ3) is 4.21. The highest BCUT2D eigenvalue weighted by molar-refractivity contribution is 8.02. The number of fused-ring (bicyclic) bond motifs is 1. The van der Waals surface area contributed by atoms with E-state index in [1.165, 1.54) is 47.3 Å². The molecular weight excluding hydrogens is 442 g/mol. The molecule has 0 spiro atoms. The van der Waals surface area contributed by atoms with Crippen LogP contribution in [-0.4, -0.2) is 41.7 Å². The van der Waals surface area contributed by atoms with Crippen molar-refractivity contribution in [2.45, 2.75) is 42.2 Å². The number of ether oxygens (including phenoxy) is 1. The SMILES string of the molecule is CCOc1ccc2nc(SC3CC(=O)N(c4ccc(N5CCCCC5)cc4)C3=O)sc2c1. The van der Waals surface area contributed by atoms with Gasteiger partial charge in [0.05, 0.1) is 22.5 Å². The van der Waals surface area contributed by atoms with Crippen molar-refractivity contribution >= 4 is 56.5 Å². The van der Waals surface area contributed by atoms with Gasteiger partial charge in [-0.3, -0.25) is 9.59 Å². The van der Waals surface area contributed by atoms with Gasteiger partial charge in [-0.1, -0.05) is 11.8 Å². The highest BCUT2D eigenvalue weighted by Crippen LogP contribution is 2.38. The van der Waals surface area contributed by atoms with Crippen LogP contribution in [0.2, 0.25) is 0 Å². The quantitative estimate of drug-likeness (QED) is 0.470. The van der Waals surface area contributed by atoms with Crippen molar-refractivity contribution < 1.29 is 14.3 Å². The summed E-state index contributed by atoms with van der Waals surface area (Å²) in [7, 11) is 0. The minimum absolute atomic E-state index is 0.155. The molecule has 0 N–H and O–H groups in total. The van der Waals surface area contributed by atoms with Gasteiger partial charge in [0.2, 0.25) is 11.8 Å². The highest BCUT2D eigenvalue weighted by Gasteiger charge is 2.40. The molecule has 2 amide bonds. The smallest absolute Gasteiger partial charge is 0.247 e. The molecule has 2 saturated heterocycles. The number of thiazole rings is 1. The minimum atomic E-state index is -0.448. The van der Waals surface area contributed by atoms with Gasteiger partial charge in [-0.15, -0.1) is 11.3 Å². The molecule has 1 unspecified atom stereocenters. The fourth-order valence-corrected chi connectivity index (χ4v) is 6.61. The Bertz CT molecular complexity index is 1140. The molecule has 0 radical (unpaired) electrons. The number of anilines is 2. The number of benzene rings is 2. The molecule has 1 aromatic heterocycles. The summed E-state index contributed by atoms with van der Waals surface area (Å²) in [5, 5.41) is -0.448. The third-order valence-electron chi connectivity index (χ3n) is 5.83. The second kappa shape index (κ2) is 9.11. The van der Waals surface area contributed by atoms with Crippen LogP contribution in [-0.2, 0) is 9.59 Å². The summed E-state index contributed by atoms with van der Waals surface area (Å²) in [5.41, 5.74) is 2.68. The topological polar surface area (TPSA) is 62.7 Å². The summed E-state index contributed by atoms with van der Waals surface area (Å²) in [4.78, 5) is 34.1. The van der Waals surface area contributed by atoms with Crippen LogP contribution in [0.3, 0.4) is 0 Å². The summed E-state index contributed by atoms with van der Waals surface area (Å²) in [6.45, 7) is 4.69. The third-order valence-corrected chi connectivity index (χ3v) is 8.13. The zero-order valence-corrected chi connectivity index (χ0v) is 19.6. The average Bonchev–Trinajstić information content (AvgIpc) is 3.34. The Morgan fingerprint density at radius 3 is 2.56 bits per heavy atom. The van der Waals surface area contributed by atoms with Crippen LogP contribution < -0.4 is 14.5 Å². The molecule has 8 heteroatoms. The molecule has 2 fully saturated rings. The second-order valence-electron chi connectivity index (χ2n) is 7.98. The van der Waals surface area contributed by atoms with Gasteiger partial charge in [0.15, 0.2) is 4.34 Å². The van der Waals surface area contributed by atoms with Gasteiger partial charge in [0.25, 0.3) is 0 Å². The summed E-state index contributed by atoms with van der Waals surface area (Å²) >= 11 is 2.91. The Balaban J connectivity index is 1.30. The lowest BCUT2D eigenvalue weighted by atomic mass is 10.1. The molecule has 3 aromatic rings. The molecule has 2 aliphatic heterocycles. The van der Waals surface area contributed by atoms with Crippen LogP contribution >= 0.6 is 23.1 Å². The number of carbonyl (C=O) groups excluding carboxylic acids is 2. The van der Waals surface area contributed by atoms with Gasteiger partial charge >= 0.3 is 0 Å². The normalized spacial score (nSPS) is 19.2. The van der Waals surface area contributed by atoms with E-state index in [2.05, 4.69) is 9.88 Å². The predicted molar refractivity (Wildman–Crippen MR) is 130 cm³/mol. The standard InChI is InChI=1S/C24H25N3O3S2/c1-2-30-18-10-11-19-20(14-18)31-24(25-19)32-21-15-22(28)27(23(21)29)17-8-6-16(7-9-17)26-12-4-3-5-13-26/h6-11,14,21H,2-5,12-13,15H2,1H3. The fourth-order valence-electron chi connectivity index (χ4n) is 4.24. The van der Waals surface area contributed by atoms with Crippen molar-refractivity contribution in [1.29, 1.82) is 0 Å². The first-order valence-corrected chi connectivity index (χ1v) is 12.7. The van der Waals surface area contributed by atoms with Crippen LogP contribution in [0.5, 0.6) is 5.75 Å². The molecule has 6 nitrogen and oxygen atoms in total. The van der Waals surface area contributed by atoms with Gasteiger partial charge in [-0.05, 0) is 68.7 Å². The van der Waals surface area contributed by atoms with Crippen molar-refractivity contribution in [2.75, 3.05) is 29.5 Å². The monoisotopic (exact) mass is 467 g/mol. The van der Waals surface area contributed by atoms with Crippen LogP contribution in [0.15, 0.2) is 46.8 Å². The lowest BCUT2D eigenvalue weighted by molar-refractivity contribution is -0.121. The second-order valence-corrected chi connectivity index (χ2v) is 10.5. The molecular formula is C24H25N3O3S2. The Hall–Kier alpha value is -2.58. The zero-order chi connectivity index (χ0) is 22.1. The molecule has 0 bridgehead atoms. The predicted octanol–water partition coefficient (Wildman–Crippen LogP) is 5.11. The summed E-state index contributed by atoms with van der Waals surface area (Å²) in [5.74, 6) is 0.490. The van der Waals surface area contributed by atoms with Gasteiger partial charge < -0.3 is 9.64 Å². The van der Waals surface area contributed by atoms with E-state index >= 15 is 0 Å². The van der Waals surface area contributed by atoms with Gasteiger partial charge in [-0.25, -0.2) is 9.88 Å². The van der Waals surface area contributed by atoms with E-state index in [0.29, 0.717) is 12.3 Å². The first kappa shape index (κ1) is 21.3. The molecule has 166 valence electrons. The van der Waals surface area contributed by atoms with E-state index in [9.17, 15) is 9.59 Å². The van der Waals surface area contributed by atoms with Crippen molar-refractivity contribution in [3.8, 4) is 5.75 Å². The fraction of sp³-hybridized carbons (Fsp3) is 0.375. The van der Waals surface area contributed by atoms with E-state index < -0.39 is 5.25 Å². The first-order valence-electron chi connectivity index (χ1n) is 11.0. The summed E-state index contributed by atoms with van der Waals surface area (Å²) in [6, 6.07) is 13.6. The first-order chi connectivity index (χ1) is 15.6. The molecule has 1 atom stereocenters. The average molecular weight is 468 g/mol. The van der Waals surface area contributed by atoms with Crippen molar-refractivity contribution in [3.05, 3.63) is 42.5 Å². The molecule has 0 saturated carbocycles. The van der Waals surface area contributed by atoms with Gasteiger partial charge in [0, 0.05) is 25.2 Å². The molecule has 32 heavy (non-hydrogen) atoms. The Morgan fingerprint density at radius 1 is 1.06 bits per heavy atom. The number of imide groups is 1. The highest BCUT2D eigenvalue weighted by atomic mass is 32.2. The van der Waals surface area contributed by atoms with Crippen LogP contribution in [0.25, 0.3) is 10.2 Å². The van der Waals surface area contributed by atoms with Crippen molar-refractivity contribution in [3.63, 3.8) is 0 Å². The van der Waals surface area contributed by atoms with E-state index in [1.807, 2.05) is 49.4 Å². The summed E-state index contributed by atoms with van der Waals surface area (Å²) in [6.07, 6.45) is 3.90. The minimum Gasteiger partial charge on any atom is -0.494 e. The van der Waals surface area contributed by atoms with Crippen molar-refractivity contribution in [1.82, 2.24) is 4.98 Å². The maximum Gasteiger partial charge on any atom is 0.247 e. The number of aromatic nitrogens is 1. The molecule has 5 rings (SSSR count). The van der Waals surface area contributed by atoms with Crippen LogP contribution in [0, 0.1) is 0 Å². The van der Waals surface area contributed by atoms with Gasteiger partial charge in [-0.2, -0.15) is 0 Å². The Morgan fingerprint density at radius 2 is 1.81 bits per heavy atom. The Labute approximate surface area is 195 Å². The number of piperidine rings is 1. The lowest BCUT2D eigenvalue weighted by Gasteiger charge is -2.29. The van der Waals surface area contributed by atoms with Gasteiger partial charge in [0.1, 0.15) is 11.0 Å². The Kier molecular flexibility index (Phi) is 6.06. The molecule has 2 aromatic carbocycles. The number of thioether (sulfide) groups is 1. The summed E-state index contributed by atoms with van der Waals surface area (Å²) < 4.78 is 7.37. The van der Waals surface area contributed by atoms with E-state index in [-0.39, 0.29) is 18.2 Å². The lowest BCUT2D eigenvalue weighted by Crippen LogP contribution is -2.31. The number of amides is 2. The van der Waals surface area contributed by atoms with Crippen molar-refractivity contribution in [2.24, 2.45) is 0 Å². The van der Waals surface area contributed by atoms with Crippen LogP contribution in [0.1, 0.15) is 32.6 Å². The maximum atomic E-state index is 13.1. The van der Waals surface area contributed by atoms with Crippen LogP contribution in [0.4, 0.5) is 11.4 Å². The maximum absolute atomic E-state index is 13.1. The number of hydrogen-bond donors (Lipinski definition) is 0. The van der Waals surface area contributed by atoms with E-state index in [0.717, 1.165) is 39.1 Å². The molecule has 3 heterocycles. The largest absolute Gasteiger partial charge is 0.494 e. The molecule has 2 aliphatic rings. The van der Waals surface area contributed by atoms with E-state index in [4.69, 9.17) is 4.74 Å². The number of nitrogens with zero attached hydrogens (tertiary/aromatic N) is 3. The zero-order valence-electron chi connectivity index (χ0n) is 18.0. The number of rotatable bonds is 6. The van der Waals surface area contributed by atoms with E-state index in [1.54, 1.807) is 0 Å². The number of hydrogen-bond acceptors (Lipinski definition) is 7.